The van der Waals surface area contributed by atoms with Gasteiger partial charge in [-0.2, -0.15) is 0 Å². The van der Waals surface area contributed by atoms with Crippen LogP contribution in [0.1, 0.15) is 49.8 Å². The van der Waals surface area contributed by atoms with Crippen molar-refractivity contribution in [3.8, 4) is 0 Å². The number of hydrogen-bond donors (Lipinski definition) is 1. The molecule has 1 heterocycles. The van der Waals surface area contributed by atoms with Crippen molar-refractivity contribution in [2.45, 2.75) is 65.1 Å². The molecule has 0 spiro atoms. The summed E-state index contributed by atoms with van der Waals surface area (Å²) in [5.74, 6) is 0. The third-order valence-electron chi connectivity index (χ3n) is 3.58. The number of rotatable bonds is 7. The molecule has 1 aromatic rings. The van der Waals surface area contributed by atoms with Gasteiger partial charge in [-0.1, -0.05) is 0 Å². The lowest BCUT2D eigenvalue weighted by molar-refractivity contribution is 0.0232. The smallest absolute Gasteiger partial charge is 0.410 e. The molecule has 0 aromatic carbocycles. The van der Waals surface area contributed by atoms with E-state index < -0.39 is 5.60 Å². The number of aryl methyl sites for hydroxylation is 1. The van der Waals surface area contributed by atoms with Crippen molar-refractivity contribution in [3.63, 3.8) is 0 Å². The lowest BCUT2D eigenvalue weighted by Gasteiger charge is -2.27. The Morgan fingerprint density at radius 2 is 2.17 bits per heavy atom. The SMILES string of the molecule is Cc1sc(CNCCCN(C(=O)OC(C)(C)C)C2CC2)cc1Br. The van der Waals surface area contributed by atoms with Crippen LogP contribution in [0.4, 0.5) is 4.79 Å². The summed E-state index contributed by atoms with van der Waals surface area (Å²) in [5.41, 5.74) is -0.424. The predicted molar refractivity (Wildman–Crippen MR) is 99.0 cm³/mol. The second-order valence-electron chi connectivity index (χ2n) is 7.05. The van der Waals surface area contributed by atoms with E-state index in [0.717, 1.165) is 38.9 Å². The molecule has 1 aromatic heterocycles. The van der Waals surface area contributed by atoms with Gasteiger partial charge < -0.3 is 15.0 Å². The van der Waals surface area contributed by atoms with Crippen molar-refractivity contribution < 1.29 is 9.53 Å². The lowest BCUT2D eigenvalue weighted by Crippen LogP contribution is -2.39. The molecule has 0 saturated heterocycles. The maximum atomic E-state index is 12.2. The Hall–Kier alpha value is -0.590. The summed E-state index contributed by atoms with van der Waals surface area (Å²) < 4.78 is 6.69. The highest BCUT2D eigenvalue weighted by Crippen LogP contribution is 2.28. The molecule has 0 unspecified atom stereocenters. The van der Waals surface area contributed by atoms with Gasteiger partial charge in [-0.05, 0) is 75.5 Å². The van der Waals surface area contributed by atoms with Crippen LogP contribution < -0.4 is 5.32 Å². The molecule has 130 valence electrons. The van der Waals surface area contributed by atoms with Gasteiger partial charge in [0.2, 0.25) is 0 Å². The van der Waals surface area contributed by atoms with Gasteiger partial charge in [-0.15, -0.1) is 11.3 Å². The van der Waals surface area contributed by atoms with Crippen LogP contribution in [-0.2, 0) is 11.3 Å². The minimum absolute atomic E-state index is 0.169. The first kappa shape index (κ1) is 18.7. The van der Waals surface area contributed by atoms with E-state index in [1.54, 1.807) is 0 Å². The summed E-state index contributed by atoms with van der Waals surface area (Å²) in [6.45, 7) is 10.4. The molecular formula is C17H27BrN2O2S. The highest BCUT2D eigenvalue weighted by Gasteiger charge is 2.34. The summed E-state index contributed by atoms with van der Waals surface area (Å²) in [7, 11) is 0. The van der Waals surface area contributed by atoms with Gasteiger partial charge in [0.15, 0.2) is 0 Å². The van der Waals surface area contributed by atoms with Crippen LogP contribution in [0.2, 0.25) is 0 Å². The van der Waals surface area contributed by atoms with E-state index in [-0.39, 0.29) is 6.09 Å². The number of ether oxygens (including phenoxy) is 1. The van der Waals surface area contributed by atoms with Gasteiger partial charge in [0.25, 0.3) is 0 Å². The number of nitrogens with one attached hydrogen (secondary N) is 1. The zero-order valence-corrected chi connectivity index (χ0v) is 16.8. The van der Waals surface area contributed by atoms with E-state index in [0.29, 0.717) is 6.04 Å². The number of thiophene rings is 1. The minimum Gasteiger partial charge on any atom is -0.444 e. The monoisotopic (exact) mass is 402 g/mol. The van der Waals surface area contributed by atoms with Crippen LogP contribution in [-0.4, -0.2) is 35.7 Å². The number of carbonyl (C=O) groups excluding carboxylic acids is 1. The third-order valence-corrected chi connectivity index (χ3v) is 5.71. The molecule has 2 rings (SSSR count). The van der Waals surface area contributed by atoms with Crippen LogP contribution >= 0.6 is 27.3 Å². The normalized spacial score (nSPS) is 14.8. The quantitative estimate of drug-likeness (QED) is 0.671. The third kappa shape index (κ3) is 6.43. The van der Waals surface area contributed by atoms with Crippen molar-refractivity contribution in [1.29, 1.82) is 0 Å². The van der Waals surface area contributed by atoms with Gasteiger partial charge in [0.1, 0.15) is 5.60 Å². The van der Waals surface area contributed by atoms with Crippen molar-refractivity contribution in [1.82, 2.24) is 10.2 Å². The largest absolute Gasteiger partial charge is 0.444 e. The van der Waals surface area contributed by atoms with Gasteiger partial charge in [0, 0.05) is 33.4 Å². The first-order valence-electron chi connectivity index (χ1n) is 8.21. The van der Waals surface area contributed by atoms with Gasteiger partial charge in [-0.3, -0.25) is 0 Å². The first-order valence-corrected chi connectivity index (χ1v) is 9.82. The zero-order valence-electron chi connectivity index (χ0n) is 14.4. The molecule has 0 atom stereocenters. The van der Waals surface area contributed by atoms with Gasteiger partial charge in [-0.25, -0.2) is 4.79 Å². The van der Waals surface area contributed by atoms with Crippen LogP contribution in [0, 0.1) is 6.92 Å². The van der Waals surface area contributed by atoms with E-state index in [2.05, 4.69) is 34.2 Å². The van der Waals surface area contributed by atoms with E-state index in [9.17, 15) is 4.79 Å². The maximum absolute atomic E-state index is 12.2. The summed E-state index contributed by atoms with van der Waals surface area (Å²) in [6.07, 6.45) is 2.99. The van der Waals surface area contributed by atoms with Crippen molar-refractivity contribution in [2.24, 2.45) is 0 Å². The lowest BCUT2D eigenvalue weighted by atomic mass is 10.2. The van der Waals surface area contributed by atoms with Crippen LogP contribution in [0.15, 0.2) is 10.5 Å². The second-order valence-corrected chi connectivity index (χ2v) is 9.25. The molecule has 0 radical (unpaired) electrons. The van der Waals surface area contributed by atoms with E-state index >= 15 is 0 Å². The van der Waals surface area contributed by atoms with Crippen LogP contribution in [0.3, 0.4) is 0 Å². The Labute approximate surface area is 151 Å². The first-order chi connectivity index (χ1) is 10.8. The zero-order chi connectivity index (χ0) is 17.0. The Kier molecular flexibility index (Phi) is 6.51. The Bertz CT molecular complexity index is 516. The molecule has 1 amide bonds. The Balaban J connectivity index is 1.69. The molecule has 1 saturated carbocycles. The molecule has 1 fully saturated rings. The van der Waals surface area contributed by atoms with Crippen molar-refractivity contribution in [2.75, 3.05) is 13.1 Å². The summed E-state index contributed by atoms with van der Waals surface area (Å²) >= 11 is 5.36. The molecule has 6 heteroatoms. The Morgan fingerprint density at radius 1 is 1.48 bits per heavy atom. The van der Waals surface area contributed by atoms with Crippen LogP contribution in [0.5, 0.6) is 0 Å². The molecule has 0 bridgehead atoms. The fourth-order valence-corrected chi connectivity index (χ4v) is 3.89. The topological polar surface area (TPSA) is 41.6 Å². The summed E-state index contributed by atoms with van der Waals surface area (Å²) in [4.78, 5) is 16.8. The summed E-state index contributed by atoms with van der Waals surface area (Å²) in [5, 5.41) is 3.45. The molecule has 23 heavy (non-hydrogen) atoms. The number of hydrogen-bond acceptors (Lipinski definition) is 4. The molecule has 1 aliphatic carbocycles. The number of halogens is 1. The maximum Gasteiger partial charge on any atom is 0.410 e. The second kappa shape index (κ2) is 7.99. The standard InChI is InChI=1S/C17H27BrN2O2S/c1-12-15(18)10-14(23-12)11-19-8-5-9-20(13-6-7-13)16(21)22-17(2,3)4/h10,13,19H,5-9,11H2,1-4H3. The highest BCUT2D eigenvalue weighted by molar-refractivity contribution is 9.10. The molecule has 0 aliphatic heterocycles. The molecular weight excluding hydrogens is 376 g/mol. The minimum atomic E-state index is -0.424. The van der Waals surface area contributed by atoms with E-state index in [1.807, 2.05) is 37.0 Å². The predicted octanol–water partition coefficient (Wildman–Crippen LogP) is 4.70. The summed E-state index contributed by atoms with van der Waals surface area (Å²) in [6, 6.07) is 2.56. The van der Waals surface area contributed by atoms with Gasteiger partial charge >= 0.3 is 6.09 Å². The van der Waals surface area contributed by atoms with E-state index in [4.69, 9.17) is 4.74 Å². The van der Waals surface area contributed by atoms with Crippen LogP contribution in [0.25, 0.3) is 0 Å². The van der Waals surface area contributed by atoms with Gasteiger partial charge in [0.05, 0.1) is 0 Å². The highest BCUT2D eigenvalue weighted by atomic mass is 79.9. The average Bonchev–Trinajstić information content (AvgIpc) is 3.19. The van der Waals surface area contributed by atoms with E-state index in [1.165, 1.54) is 14.2 Å². The molecule has 1 N–H and O–H groups in total. The number of amides is 1. The fraction of sp³-hybridized carbons (Fsp3) is 0.706. The van der Waals surface area contributed by atoms with Crippen molar-refractivity contribution >= 4 is 33.4 Å². The Morgan fingerprint density at radius 3 is 2.70 bits per heavy atom. The number of carbonyl (C=O) groups is 1. The van der Waals surface area contributed by atoms with Crippen molar-refractivity contribution in [3.05, 3.63) is 20.3 Å². The molecule has 1 aliphatic rings. The average molecular weight is 403 g/mol. The fourth-order valence-electron chi connectivity index (χ4n) is 2.32. The number of nitrogens with zero attached hydrogens (tertiary/aromatic N) is 1. The molecule has 4 nitrogen and oxygen atoms in total.